The molecular weight excluding hydrogens is 334 g/mol. The average molecular weight is 361 g/mol. The van der Waals surface area contributed by atoms with Gasteiger partial charge in [0.25, 0.3) is 5.91 Å². The molecule has 0 saturated heterocycles. The molecule has 3 N–H and O–H groups in total. The standard InChI is InChI=1S/C20H26ClN3O/c1-13(2)15-7-9-16(10-8-15)19(14(3)4)23-12-18(25)24-17-6-5-11-22-20(17)21/h5-11,13-14,19,23H,12H2,1-4H3,(H,24,25)/p+1/t19-/m1/s1. The number of nitrogens with two attached hydrogens (primary N) is 1. The second-order valence-electron chi connectivity index (χ2n) is 6.92. The molecule has 5 heteroatoms. The van der Waals surface area contributed by atoms with Gasteiger partial charge in [-0.1, -0.05) is 63.6 Å². The third-order valence-electron chi connectivity index (χ3n) is 4.30. The van der Waals surface area contributed by atoms with Gasteiger partial charge in [0.15, 0.2) is 11.7 Å². The molecule has 1 amide bonds. The quantitative estimate of drug-likeness (QED) is 0.738. The fourth-order valence-corrected chi connectivity index (χ4v) is 2.98. The van der Waals surface area contributed by atoms with E-state index in [4.69, 9.17) is 11.6 Å². The number of anilines is 1. The summed E-state index contributed by atoms with van der Waals surface area (Å²) in [5, 5.41) is 5.20. The lowest BCUT2D eigenvalue weighted by Gasteiger charge is -2.20. The number of carbonyl (C=O) groups excluding carboxylic acids is 1. The monoisotopic (exact) mass is 360 g/mol. The summed E-state index contributed by atoms with van der Waals surface area (Å²) in [7, 11) is 0. The van der Waals surface area contributed by atoms with Gasteiger partial charge in [0.1, 0.15) is 6.04 Å². The number of quaternary nitrogens is 1. The molecule has 0 fully saturated rings. The molecule has 25 heavy (non-hydrogen) atoms. The van der Waals surface area contributed by atoms with Crippen LogP contribution in [0.25, 0.3) is 0 Å². The van der Waals surface area contributed by atoms with Crippen molar-refractivity contribution in [2.45, 2.75) is 39.7 Å². The number of rotatable bonds is 7. The van der Waals surface area contributed by atoms with Crippen molar-refractivity contribution in [3.8, 4) is 0 Å². The summed E-state index contributed by atoms with van der Waals surface area (Å²) < 4.78 is 0. The fourth-order valence-electron chi connectivity index (χ4n) is 2.81. The maximum absolute atomic E-state index is 12.2. The third kappa shape index (κ3) is 5.55. The molecule has 1 aromatic carbocycles. The Morgan fingerprint density at radius 3 is 2.32 bits per heavy atom. The number of pyridine rings is 1. The van der Waals surface area contributed by atoms with Gasteiger partial charge in [0.05, 0.1) is 5.69 Å². The van der Waals surface area contributed by atoms with E-state index in [0.29, 0.717) is 29.2 Å². The molecule has 0 spiro atoms. The Bertz CT molecular complexity index is 698. The van der Waals surface area contributed by atoms with Crippen LogP contribution in [-0.2, 0) is 4.79 Å². The largest absolute Gasteiger partial charge is 0.332 e. The fraction of sp³-hybridized carbons (Fsp3) is 0.400. The van der Waals surface area contributed by atoms with Crippen molar-refractivity contribution in [2.75, 3.05) is 11.9 Å². The first kappa shape index (κ1) is 19.4. The van der Waals surface area contributed by atoms with E-state index in [1.165, 1.54) is 11.1 Å². The molecule has 0 bridgehead atoms. The lowest BCUT2D eigenvalue weighted by Crippen LogP contribution is -2.88. The molecule has 1 atom stereocenters. The zero-order valence-electron chi connectivity index (χ0n) is 15.3. The minimum Gasteiger partial charge on any atom is -0.332 e. The summed E-state index contributed by atoms with van der Waals surface area (Å²) in [5.74, 6) is 0.851. The van der Waals surface area contributed by atoms with E-state index in [0.717, 1.165) is 0 Å². The number of hydrogen-bond donors (Lipinski definition) is 2. The van der Waals surface area contributed by atoms with E-state index < -0.39 is 0 Å². The number of amides is 1. The molecule has 1 aromatic heterocycles. The minimum atomic E-state index is -0.0839. The Kier molecular flexibility index (Phi) is 6.97. The SMILES string of the molecule is CC(C)c1ccc([C@H]([NH2+]CC(=O)Nc2cccnc2Cl)C(C)C)cc1. The Morgan fingerprint density at radius 2 is 1.76 bits per heavy atom. The van der Waals surface area contributed by atoms with Crippen molar-refractivity contribution >= 4 is 23.2 Å². The number of halogens is 1. The van der Waals surface area contributed by atoms with E-state index in [1.807, 2.05) is 0 Å². The molecule has 0 radical (unpaired) electrons. The molecule has 0 unspecified atom stereocenters. The maximum atomic E-state index is 12.2. The van der Waals surface area contributed by atoms with E-state index in [1.54, 1.807) is 18.3 Å². The highest BCUT2D eigenvalue weighted by molar-refractivity contribution is 6.32. The van der Waals surface area contributed by atoms with Crippen molar-refractivity contribution in [2.24, 2.45) is 5.92 Å². The highest BCUT2D eigenvalue weighted by Gasteiger charge is 2.21. The van der Waals surface area contributed by atoms with Crippen molar-refractivity contribution in [1.82, 2.24) is 4.98 Å². The summed E-state index contributed by atoms with van der Waals surface area (Å²) >= 11 is 5.98. The third-order valence-corrected chi connectivity index (χ3v) is 4.60. The first-order valence-electron chi connectivity index (χ1n) is 8.72. The highest BCUT2D eigenvalue weighted by atomic mass is 35.5. The number of hydrogen-bond acceptors (Lipinski definition) is 2. The van der Waals surface area contributed by atoms with Crippen LogP contribution < -0.4 is 10.6 Å². The van der Waals surface area contributed by atoms with Crippen LogP contribution in [-0.4, -0.2) is 17.4 Å². The molecule has 0 aliphatic carbocycles. The first-order valence-corrected chi connectivity index (χ1v) is 9.09. The van der Waals surface area contributed by atoms with Crippen molar-refractivity contribution in [1.29, 1.82) is 0 Å². The maximum Gasteiger partial charge on any atom is 0.279 e. The topological polar surface area (TPSA) is 58.6 Å². The predicted octanol–water partition coefficient (Wildman–Crippen LogP) is 3.76. The number of benzene rings is 1. The van der Waals surface area contributed by atoms with Crippen LogP contribution in [0, 0.1) is 5.92 Å². The highest BCUT2D eigenvalue weighted by Crippen LogP contribution is 2.21. The molecular formula is C20H27ClN3O+. The Balaban J connectivity index is 1.99. The van der Waals surface area contributed by atoms with Crippen LogP contribution in [0.4, 0.5) is 5.69 Å². The van der Waals surface area contributed by atoms with E-state index in [2.05, 4.69) is 67.6 Å². The van der Waals surface area contributed by atoms with E-state index in [9.17, 15) is 4.79 Å². The van der Waals surface area contributed by atoms with Crippen LogP contribution in [0.3, 0.4) is 0 Å². The Morgan fingerprint density at radius 1 is 1.12 bits per heavy atom. The van der Waals surface area contributed by atoms with Gasteiger partial charge in [-0.2, -0.15) is 0 Å². The molecule has 4 nitrogen and oxygen atoms in total. The number of aromatic nitrogens is 1. The summed E-state index contributed by atoms with van der Waals surface area (Å²) in [5.41, 5.74) is 3.12. The normalized spacial score (nSPS) is 12.4. The van der Waals surface area contributed by atoms with Gasteiger partial charge in [0.2, 0.25) is 0 Å². The molecule has 2 rings (SSSR count). The van der Waals surface area contributed by atoms with Gasteiger partial charge in [0, 0.05) is 17.7 Å². The predicted molar refractivity (Wildman–Crippen MR) is 103 cm³/mol. The molecule has 0 aliphatic rings. The Hall–Kier alpha value is -1.91. The molecule has 0 saturated carbocycles. The zero-order chi connectivity index (χ0) is 18.4. The number of nitrogens with zero attached hydrogens (tertiary/aromatic N) is 1. The van der Waals surface area contributed by atoms with Crippen LogP contribution in [0.15, 0.2) is 42.6 Å². The summed E-state index contributed by atoms with van der Waals surface area (Å²) in [4.78, 5) is 16.2. The van der Waals surface area contributed by atoms with Gasteiger partial charge in [-0.05, 0) is 23.6 Å². The van der Waals surface area contributed by atoms with E-state index >= 15 is 0 Å². The second-order valence-corrected chi connectivity index (χ2v) is 7.28. The van der Waals surface area contributed by atoms with Crippen LogP contribution in [0.2, 0.25) is 5.15 Å². The molecule has 0 aliphatic heterocycles. The molecule has 1 heterocycles. The minimum absolute atomic E-state index is 0.0839. The Labute approximate surface area is 155 Å². The van der Waals surface area contributed by atoms with E-state index in [-0.39, 0.29) is 11.9 Å². The van der Waals surface area contributed by atoms with Gasteiger partial charge in [-0.3, -0.25) is 4.79 Å². The van der Waals surface area contributed by atoms with Crippen molar-refractivity contribution in [3.05, 3.63) is 58.9 Å². The van der Waals surface area contributed by atoms with Crippen molar-refractivity contribution < 1.29 is 10.1 Å². The van der Waals surface area contributed by atoms with Crippen molar-refractivity contribution in [3.63, 3.8) is 0 Å². The average Bonchev–Trinajstić information content (AvgIpc) is 2.57. The lowest BCUT2D eigenvalue weighted by molar-refractivity contribution is -0.692. The summed E-state index contributed by atoms with van der Waals surface area (Å²) in [6.45, 7) is 9.06. The van der Waals surface area contributed by atoms with Gasteiger partial charge in [-0.25, -0.2) is 4.98 Å². The van der Waals surface area contributed by atoms with Gasteiger partial charge >= 0.3 is 0 Å². The first-order chi connectivity index (χ1) is 11.9. The summed E-state index contributed by atoms with van der Waals surface area (Å²) in [6.07, 6.45) is 1.60. The zero-order valence-corrected chi connectivity index (χ0v) is 16.0. The smallest absolute Gasteiger partial charge is 0.279 e. The molecule has 2 aromatic rings. The number of carbonyl (C=O) groups is 1. The van der Waals surface area contributed by atoms with Gasteiger partial charge in [-0.15, -0.1) is 0 Å². The van der Waals surface area contributed by atoms with Gasteiger partial charge < -0.3 is 10.6 Å². The molecule has 134 valence electrons. The summed E-state index contributed by atoms with van der Waals surface area (Å²) in [6, 6.07) is 12.4. The lowest BCUT2D eigenvalue weighted by atomic mass is 9.93. The van der Waals surface area contributed by atoms with Crippen LogP contribution >= 0.6 is 11.6 Å². The van der Waals surface area contributed by atoms with Crippen LogP contribution in [0.5, 0.6) is 0 Å². The van der Waals surface area contributed by atoms with Crippen LogP contribution in [0.1, 0.15) is 50.8 Å². The second kappa shape index (κ2) is 8.97. The number of nitrogens with one attached hydrogen (secondary N) is 1.